The fourth-order valence-corrected chi connectivity index (χ4v) is 2.32. The van der Waals surface area contributed by atoms with E-state index in [4.69, 9.17) is 0 Å². The number of nitrogens with zero attached hydrogens (tertiary/aromatic N) is 2. The summed E-state index contributed by atoms with van der Waals surface area (Å²) in [7, 11) is 0. The van der Waals surface area contributed by atoms with Crippen LogP contribution >= 0.6 is 0 Å². The molecule has 0 spiro atoms. The average Bonchev–Trinajstić information content (AvgIpc) is 2.89. The molecule has 0 saturated heterocycles. The number of hydrogen-bond acceptors (Lipinski definition) is 3. The minimum Gasteiger partial charge on any atom is -0.480 e. The van der Waals surface area contributed by atoms with Crippen LogP contribution in [0.2, 0.25) is 0 Å². The first-order valence-corrected chi connectivity index (χ1v) is 7.54. The maximum absolute atomic E-state index is 12.4. The minimum absolute atomic E-state index is 0.166. The second-order valence-corrected chi connectivity index (χ2v) is 5.93. The molecule has 1 heterocycles. The Bertz CT molecular complexity index is 692. The van der Waals surface area contributed by atoms with Crippen LogP contribution in [0.25, 0.3) is 5.69 Å². The van der Waals surface area contributed by atoms with Gasteiger partial charge in [0.2, 0.25) is 0 Å². The van der Waals surface area contributed by atoms with Gasteiger partial charge in [-0.25, -0.2) is 9.48 Å². The topological polar surface area (TPSA) is 84.2 Å². The van der Waals surface area contributed by atoms with E-state index in [9.17, 15) is 14.7 Å². The van der Waals surface area contributed by atoms with Crippen molar-refractivity contribution in [2.24, 2.45) is 5.92 Å². The molecule has 2 N–H and O–H groups in total. The van der Waals surface area contributed by atoms with E-state index < -0.39 is 17.9 Å². The van der Waals surface area contributed by atoms with Gasteiger partial charge in [0.05, 0.1) is 5.69 Å². The molecule has 0 radical (unpaired) electrons. The lowest BCUT2D eigenvalue weighted by molar-refractivity contribution is -0.139. The largest absolute Gasteiger partial charge is 0.480 e. The second-order valence-electron chi connectivity index (χ2n) is 5.93. The summed E-state index contributed by atoms with van der Waals surface area (Å²) >= 11 is 0. The van der Waals surface area contributed by atoms with Gasteiger partial charge in [0, 0.05) is 11.8 Å². The number of amides is 1. The van der Waals surface area contributed by atoms with Crippen molar-refractivity contribution >= 4 is 11.9 Å². The first-order valence-electron chi connectivity index (χ1n) is 7.54. The van der Waals surface area contributed by atoms with Crippen LogP contribution in [0.4, 0.5) is 0 Å². The SMILES string of the molecule is Cc1cn(-c2ccccc2)nc1C(=O)NC(CC(C)C)C(=O)O. The van der Waals surface area contributed by atoms with E-state index in [1.807, 2.05) is 44.2 Å². The predicted molar refractivity (Wildman–Crippen MR) is 86.6 cm³/mol. The Morgan fingerprint density at radius 2 is 1.91 bits per heavy atom. The van der Waals surface area contributed by atoms with E-state index >= 15 is 0 Å². The number of benzene rings is 1. The van der Waals surface area contributed by atoms with Crippen molar-refractivity contribution in [1.82, 2.24) is 15.1 Å². The van der Waals surface area contributed by atoms with Gasteiger partial charge in [0.25, 0.3) is 5.91 Å². The molecular formula is C17H21N3O3. The van der Waals surface area contributed by atoms with Crippen LogP contribution in [0, 0.1) is 12.8 Å². The van der Waals surface area contributed by atoms with Crippen LogP contribution in [0.1, 0.15) is 36.3 Å². The fourth-order valence-electron chi connectivity index (χ4n) is 2.32. The van der Waals surface area contributed by atoms with Crippen molar-refractivity contribution in [1.29, 1.82) is 0 Å². The zero-order valence-corrected chi connectivity index (χ0v) is 13.5. The van der Waals surface area contributed by atoms with Gasteiger partial charge in [-0.3, -0.25) is 4.79 Å². The van der Waals surface area contributed by atoms with Crippen molar-refractivity contribution in [2.75, 3.05) is 0 Å². The van der Waals surface area contributed by atoms with E-state index in [0.717, 1.165) is 5.69 Å². The first kappa shape index (κ1) is 16.7. The Morgan fingerprint density at radius 1 is 1.26 bits per heavy atom. The van der Waals surface area contributed by atoms with Gasteiger partial charge >= 0.3 is 5.97 Å². The van der Waals surface area contributed by atoms with Crippen LogP contribution in [-0.2, 0) is 4.79 Å². The number of carbonyl (C=O) groups excluding carboxylic acids is 1. The summed E-state index contributed by atoms with van der Waals surface area (Å²) in [5.41, 5.74) is 1.77. The van der Waals surface area contributed by atoms with Gasteiger partial charge in [-0.15, -0.1) is 0 Å². The quantitative estimate of drug-likeness (QED) is 0.857. The molecule has 0 saturated carbocycles. The number of carboxylic acid groups (broad SMARTS) is 1. The summed E-state index contributed by atoms with van der Waals surface area (Å²) in [4.78, 5) is 23.6. The number of aryl methyl sites for hydroxylation is 1. The molecule has 1 aromatic carbocycles. The molecule has 1 amide bonds. The Labute approximate surface area is 135 Å². The highest BCUT2D eigenvalue weighted by atomic mass is 16.4. The van der Waals surface area contributed by atoms with Crippen LogP contribution in [0.15, 0.2) is 36.5 Å². The number of carboxylic acids is 1. The normalized spacial score (nSPS) is 12.2. The predicted octanol–water partition coefficient (Wildman–Crippen LogP) is 2.41. The molecule has 1 unspecified atom stereocenters. The van der Waals surface area contributed by atoms with Crippen molar-refractivity contribution in [3.05, 3.63) is 47.8 Å². The lowest BCUT2D eigenvalue weighted by Gasteiger charge is -2.15. The summed E-state index contributed by atoms with van der Waals surface area (Å²) < 4.78 is 1.61. The standard InChI is InChI=1S/C17H21N3O3/c1-11(2)9-14(17(22)23)18-16(21)15-12(3)10-20(19-15)13-7-5-4-6-8-13/h4-8,10-11,14H,9H2,1-3H3,(H,18,21)(H,22,23). The Kier molecular flexibility index (Phi) is 5.16. The molecule has 2 rings (SSSR count). The fraction of sp³-hybridized carbons (Fsp3) is 0.353. The van der Waals surface area contributed by atoms with Crippen molar-refractivity contribution < 1.29 is 14.7 Å². The maximum atomic E-state index is 12.4. The minimum atomic E-state index is -1.04. The van der Waals surface area contributed by atoms with Crippen LogP contribution in [0.5, 0.6) is 0 Å². The Hall–Kier alpha value is -2.63. The van der Waals surface area contributed by atoms with E-state index in [2.05, 4.69) is 10.4 Å². The highest BCUT2D eigenvalue weighted by molar-refractivity contribution is 5.96. The number of hydrogen-bond donors (Lipinski definition) is 2. The zero-order chi connectivity index (χ0) is 17.0. The Morgan fingerprint density at radius 3 is 2.48 bits per heavy atom. The first-order chi connectivity index (χ1) is 10.9. The molecule has 0 aliphatic heterocycles. The van der Waals surface area contributed by atoms with E-state index in [1.165, 1.54) is 0 Å². The van der Waals surface area contributed by atoms with Crippen molar-refractivity contribution in [3.8, 4) is 5.69 Å². The third kappa shape index (κ3) is 4.18. The lowest BCUT2D eigenvalue weighted by atomic mass is 10.0. The highest BCUT2D eigenvalue weighted by Gasteiger charge is 2.24. The molecule has 1 atom stereocenters. The summed E-state index contributed by atoms with van der Waals surface area (Å²) in [5, 5.41) is 16.1. The van der Waals surface area contributed by atoms with Gasteiger partial charge in [-0.05, 0) is 31.4 Å². The Balaban J connectivity index is 2.19. The summed E-state index contributed by atoms with van der Waals surface area (Å²) in [6.07, 6.45) is 2.13. The van der Waals surface area contributed by atoms with Crippen LogP contribution < -0.4 is 5.32 Å². The molecule has 2 aromatic rings. The van der Waals surface area contributed by atoms with Crippen molar-refractivity contribution in [3.63, 3.8) is 0 Å². The molecular weight excluding hydrogens is 294 g/mol. The zero-order valence-electron chi connectivity index (χ0n) is 13.5. The molecule has 6 nitrogen and oxygen atoms in total. The van der Waals surface area contributed by atoms with E-state index in [-0.39, 0.29) is 11.6 Å². The number of nitrogens with one attached hydrogen (secondary N) is 1. The summed E-state index contributed by atoms with van der Waals surface area (Å²) in [5.74, 6) is -1.34. The van der Waals surface area contributed by atoms with Gasteiger partial charge in [0.1, 0.15) is 6.04 Å². The summed E-state index contributed by atoms with van der Waals surface area (Å²) in [6.45, 7) is 5.61. The molecule has 0 fully saturated rings. The average molecular weight is 315 g/mol. The van der Waals surface area contributed by atoms with E-state index in [0.29, 0.717) is 12.0 Å². The lowest BCUT2D eigenvalue weighted by Crippen LogP contribution is -2.42. The molecule has 122 valence electrons. The van der Waals surface area contributed by atoms with Crippen molar-refractivity contribution in [2.45, 2.75) is 33.2 Å². The van der Waals surface area contributed by atoms with Crippen LogP contribution in [-0.4, -0.2) is 32.8 Å². The van der Waals surface area contributed by atoms with Gasteiger partial charge in [-0.2, -0.15) is 5.10 Å². The third-order valence-corrected chi connectivity index (χ3v) is 3.44. The van der Waals surface area contributed by atoms with E-state index in [1.54, 1.807) is 17.8 Å². The number of para-hydroxylation sites is 1. The smallest absolute Gasteiger partial charge is 0.326 e. The van der Waals surface area contributed by atoms with Gasteiger partial charge < -0.3 is 10.4 Å². The monoisotopic (exact) mass is 315 g/mol. The number of carbonyl (C=O) groups is 2. The molecule has 0 aliphatic carbocycles. The molecule has 1 aromatic heterocycles. The maximum Gasteiger partial charge on any atom is 0.326 e. The molecule has 6 heteroatoms. The van der Waals surface area contributed by atoms with Gasteiger partial charge in [0.15, 0.2) is 5.69 Å². The molecule has 0 aliphatic rings. The number of aromatic nitrogens is 2. The van der Waals surface area contributed by atoms with Crippen LogP contribution in [0.3, 0.4) is 0 Å². The highest BCUT2D eigenvalue weighted by Crippen LogP contribution is 2.12. The number of aliphatic carboxylic acids is 1. The second kappa shape index (κ2) is 7.09. The third-order valence-electron chi connectivity index (χ3n) is 3.44. The molecule has 23 heavy (non-hydrogen) atoms. The molecule has 0 bridgehead atoms. The number of rotatable bonds is 6. The summed E-state index contributed by atoms with van der Waals surface area (Å²) in [6, 6.07) is 8.52. The van der Waals surface area contributed by atoms with Gasteiger partial charge in [-0.1, -0.05) is 32.0 Å².